The zero-order valence-corrected chi connectivity index (χ0v) is 19.9. The van der Waals surface area contributed by atoms with Gasteiger partial charge in [0.1, 0.15) is 5.75 Å². The molecule has 2 N–H and O–H groups in total. The van der Waals surface area contributed by atoms with E-state index in [1.54, 1.807) is 7.05 Å². The Morgan fingerprint density at radius 1 is 1.21 bits per heavy atom. The van der Waals surface area contributed by atoms with Crippen molar-refractivity contribution >= 4 is 29.9 Å². The zero-order valence-electron chi connectivity index (χ0n) is 17.6. The smallest absolute Gasteiger partial charge is 0.191 e. The van der Waals surface area contributed by atoms with Crippen LogP contribution in [0.3, 0.4) is 0 Å². The molecule has 1 unspecified atom stereocenters. The molecule has 0 spiro atoms. The molecule has 28 heavy (non-hydrogen) atoms. The van der Waals surface area contributed by atoms with Gasteiger partial charge in [-0.3, -0.25) is 9.67 Å². The molecule has 2 aromatic rings. The fourth-order valence-electron chi connectivity index (χ4n) is 2.64. The average Bonchev–Trinajstić information content (AvgIpc) is 3.07. The number of nitrogens with one attached hydrogen (secondary N) is 2. The molecule has 0 aliphatic heterocycles. The van der Waals surface area contributed by atoms with E-state index in [2.05, 4.69) is 66.7 Å². The van der Waals surface area contributed by atoms with Gasteiger partial charge in [0.25, 0.3) is 0 Å². The Balaban J connectivity index is 0.00000392. The predicted molar refractivity (Wildman–Crippen MR) is 127 cm³/mol. The molecule has 0 bridgehead atoms. The SMILES string of the molecule is CN=C(NCCCn1cc(C)cn1)NC(C)c1ccc(OCC(C)C)cc1.I. The Bertz CT molecular complexity index is 712. The van der Waals surface area contributed by atoms with Crippen molar-refractivity contribution in [3.8, 4) is 5.75 Å². The van der Waals surface area contributed by atoms with E-state index in [-0.39, 0.29) is 30.0 Å². The highest BCUT2D eigenvalue weighted by Gasteiger charge is 2.08. The van der Waals surface area contributed by atoms with Crippen LogP contribution < -0.4 is 15.4 Å². The second-order valence-corrected chi connectivity index (χ2v) is 7.27. The van der Waals surface area contributed by atoms with Crippen molar-refractivity contribution in [1.29, 1.82) is 0 Å². The average molecular weight is 499 g/mol. The molecule has 1 atom stereocenters. The minimum atomic E-state index is 0. The van der Waals surface area contributed by atoms with Crippen LogP contribution in [0.2, 0.25) is 0 Å². The summed E-state index contributed by atoms with van der Waals surface area (Å²) in [5.74, 6) is 2.24. The van der Waals surface area contributed by atoms with Crippen LogP contribution in [0.25, 0.3) is 0 Å². The number of aliphatic imine (C=N–C) groups is 1. The Kier molecular flexibility index (Phi) is 11.0. The number of nitrogens with zero attached hydrogens (tertiary/aromatic N) is 3. The standard InChI is InChI=1S/C21H33N5O.HI/c1-16(2)15-27-20-9-7-19(8-10-20)18(4)25-21(22-5)23-11-6-12-26-14-17(3)13-24-26;/h7-10,13-14,16,18H,6,11-12,15H2,1-5H3,(H2,22,23,25);1H. The van der Waals surface area contributed by atoms with Crippen LogP contribution in [0.5, 0.6) is 5.75 Å². The first-order valence-electron chi connectivity index (χ1n) is 9.67. The molecule has 0 fully saturated rings. The summed E-state index contributed by atoms with van der Waals surface area (Å²) in [6.07, 6.45) is 4.93. The van der Waals surface area contributed by atoms with Crippen LogP contribution in [-0.2, 0) is 6.54 Å². The van der Waals surface area contributed by atoms with Crippen molar-refractivity contribution in [3.63, 3.8) is 0 Å². The molecule has 1 aromatic heterocycles. The normalized spacial score (nSPS) is 12.4. The third-order valence-electron chi connectivity index (χ3n) is 4.16. The van der Waals surface area contributed by atoms with E-state index in [9.17, 15) is 0 Å². The van der Waals surface area contributed by atoms with Crippen LogP contribution in [0, 0.1) is 12.8 Å². The number of ether oxygens (including phenoxy) is 1. The van der Waals surface area contributed by atoms with Gasteiger partial charge in [-0.25, -0.2) is 0 Å². The van der Waals surface area contributed by atoms with Crippen molar-refractivity contribution in [1.82, 2.24) is 20.4 Å². The summed E-state index contributed by atoms with van der Waals surface area (Å²) in [6.45, 7) is 11.0. The molecule has 1 heterocycles. The molecule has 1 aromatic carbocycles. The first kappa shape index (κ1) is 24.3. The van der Waals surface area contributed by atoms with Gasteiger partial charge in [-0.2, -0.15) is 5.10 Å². The third-order valence-corrected chi connectivity index (χ3v) is 4.16. The maximum atomic E-state index is 5.74. The fourth-order valence-corrected chi connectivity index (χ4v) is 2.64. The zero-order chi connectivity index (χ0) is 19.6. The van der Waals surface area contributed by atoms with Crippen LogP contribution in [0.1, 0.15) is 44.4 Å². The maximum Gasteiger partial charge on any atom is 0.191 e. The van der Waals surface area contributed by atoms with E-state index >= 15 is 0 Å². The van der Waals surface area contributed by atoms with Gasteiger partial charge in [0, 0.05) is 26.3 Å². The molecule has 7 heteroatoms. The number of aryl methyl sites for hydroxylation is 2. The van der Waals surface area contributed by atoms with Crippen LogP contribution in [0.4, 0.5) is 0 Å². The monoisotopic (exact) mass is 499 g/mol. The van der Waals surface area contributed by atoms with Crippen LogP contribution in [-0.4, -0.2) is 35.9 Å². The number of guanidine groups is 1. The quantitative estimate of drug-likeness (QED) is 0.236. The van der Waals surface area contributed by atoms with E-state index < -0.39 is 0 Å². The summed E-state index contributed by atoms with van der Waals surface area (Å²) in [6, 6.07) is 8.40. The van der Waals surface area contributed by atoms with Crippen molar-refractivity contribution in [2.45, 2.75) is 46.7 Å². The van der Waals surface area contributed by atoms with Crippen molar-refractivity contribution in [2.24, 2.45) is 10.9 Å². The number of benzene rings is 1. The lowest BCUT2D eigenvalue weighted by molar-refractivity contribution is 0.271. The lowest BCUT2D eigenvalue weighted by atomic mass is 10.1. The predicted octanol–water partition coefficient (Wildman–Crippen LogP) is 4.16. The van der Waals surface area contributed by atoms with Gasteiger partial charge in [-0.05, 0) is 49.4 Å². The van der Waals surface area contributed by atoms with Crippen LogP contribution in [0.15, 0.2) is 41.7 Å². The maximum absolute atomic E-state index is 5.74. The number of rotatable bonds is 9. The largest absolute Gasteiger partial charge is 0.493 e. The van der Waals surface area contributed by atoms with Gasteiger partial charge >= 0.3 is 0 Å². The summed E-state index contributed by atoms with van der Waals surface area (Å²) in [7, 11) is 1.79. The lowest BCUT2D eigenvalue weighted by Gasteiger charge is -2.19. The van der Waals surface area contributed by atoms with Gasteiger partial charge in [-0.1, -0.05) is 26.0 Å². The van der Waals surface area contributed by atoms with E-state index in [4.69, 9.17) is 4.74 Å². The van der Waals surface area contributed by atoms with Gasteiger partial charge in [0.05, 0.1) is 18.8 Å². The summed E-state index contributed by atoms with van der Waals surface area (Å²) < 4.78 is 7.72. The second-order valence-electron chi connectivity index (χ2n) is 7.27. The summed E-state index contributed by atoms with van der Waals surface area (Å²) in [4.78, 5) is 4.32. The fraction of sp³-hybridized carbons (Fsp3) is 0.524. The highest BCUT2D eigenvalue weighted by atomic mass is 127. The Morgan fingerprint density at radius 2 is 1.93 bits per heavy atom. The number of halogens is 1. The van der Waals surface area contributed by atoms with E-state index in [0.29, 0.717) is 5.92 Å². The van der Waals surface area contributed by atoms with Crippen molar-refractivity contribution < 1.29 is 4.74 Å². The molecular formula is C21H34IN5O. The first-order valence-corrected chi connectivity index (χ1v) is 9.67. The highest BCUT2D eigenvalue weighted by molar-refractivity contribution is 14.0. The van der Waals surface area contributed by atoms with E-state index in [1.165, 1.54) is 11.1 Å². The minimum Gasteiger partial charge on any atom is -0.493 e. The number of aromatic nitrogens is 2. The summed E-state index contributed by atoms with van der Waals surface area (Å²) >= 11 is 0. The molecule has 156 valence electrons. The third kappa shape index (κ3) is 8.50. The molecule has 0 saturated heterocycles. The van der Waals surface area contributed by atoms with E-state index in [0.717, 1.165) is 37.8 Å². The molecular weight excluding hydrogens is 465 g/mol. The molecule has 0 radical (unpaired) electrons. The molecule has 0 aliphatic carbocycles. The number of hydrogen-bond donors (Lipinski definition) is 2. The topological polar surface area (TPSA) is 63.5 Å². The van der Waals surface area contributed by atoms with Gasteiger partial charge in [-0.15, -0.1) is 24.0 Å². The lowest BCUT2D eigenvalue weighted by Crippen LogP contribution is -2.39. The minimum absolute atomic E-state index is 0. The van der Waals surface area contributed by atoms with Gasteiger partial charge in [0.2, 0.25) is 0 Å². The molecule has 0 aliphatic rings. The second kappa shape index (κ2) is 12.6. The Hall–Kier alpha value is -1.77. The van der Waals surface area contributed by atoms with Gasteiger partial charge in [0.15, 0.2) is 5.96 Å². The Labute approximate surface area is 186 Å². The van der Waals surface area contributed by atoms with Crippen molar-refractivity contribution in [3.05, 3.63) is 47.8 Å². The molecule has 0 saturated carbocycles. The molecule has 6 nitrogen and oxygen atoms in total. The Morgan fingerprint density at radius 3 is 2.50 bits per heavy atom. The molecule has 0 amide bonds. The van der Waals surface area contributed by atoms with Crippen LogP contribution >= 0.6 is 24.0 Å². The van der Waals surface area contributed by atoms with Crippen molar-refractivity contribution in [2.75, 3.05) is 20.2 Å². The van der Waals surface area contributed by atoms with Gasteiger partial charge < -0.3 is 15.4 Å². The number of hydrogen-bond acceptors (Lipinski definition) is 3. The highest BCUT2D eigenvalue weighted by Crippen LogP contribution is 2.18. The molecule has 2 rings (SSSR count). The summed E-state index contributed by atoms with van der Waals surface area (Å²) in [5, 5.41) is 11.1. The summed E-state index contributed by atoms with van der Waals surface area (Å²) in [5.41, 5.74) is 2.39. The van der Waals surface area contributed by atoms with E-state index in [1.807, 2.05) is 23.0 Å². The first-order chi connectivity index (χ1) is 13.0.